The van der Waals surface area contributed by atoms with Gasteiger partial charge in [0.15, 0.2) is 5.13 Å². The molecule has 4 rings (SSSR count). The fraction of sp³-hybridized carbons (Fsp3) is 0.429. The molecule has 0 spiro atoms. The molecule has 2 aliphatic heterocycles. The molecule has 9 heteroatoms. The van der Waals surface area contributed by atoms with E-state index in [9.17, 15) is 14.4 Å². The number of nitrogens with zero attached hydrogens (tertiary/aromatic N) is 3. The average Bonchev–Trinajstić information content (AvgIpc) is 3.30. The number of likely N-dealkylation sites (tertiary alicyclic amines) is 1. The Morgan fingerprint density at radius 3 is 2.80 bits per heavy atom. The molecule has 0 radical (unpaired) electrons. The number of hydrogen-bond donors (Lipinski definition) is 1. The molecule has 1 aromatic heterocycles. The number of hydrogen-bond acceptors (Lipinski definition) is 6. The van der Waals surface area contributed by atoms with Gasteiger partial charge in [-0.3, -0.25) is 14.4 Å². The lowest BCUT2D eigenvalue weighted by atomic mass is 9.97. The highest BCUT2D eigenvalue weighted by Gasteiger charge is 2.29. The van der Waals surface area contributed by atoms with Gasteiger partial charge in [0.2, 0.25) is 17.7 Å². The number of thioether (sulfide) groups is 1. The zero-order valence-corrected chi connectivity index (χ0v) is 18.2. The molecular formula is C21H24N4O3S2. The summed E-state index contributed by atoms with van der Waals surface area (Å²) in [7, 11) is 0. The van der Waals surface area contributed by atoms with Gasteiger partial charge in [0.1, 0.15) is 0 Å². The number of para-hydroxylation sites is 1. The molecule has 1 unspecified atom stereocenters. The van der Waals surface area contributed by atoms with Gasteiger partial charge in [0, 0.05) is 54.7 Å². The molecule has 3 heterocycles. The summed E-state index contributed by atoms with van der Waals surface area (Å²) in [5.74, 6) is 0.439. The van der Waals surface area contributed by atoms with Crippen LogP contribution in [0.4, 0.5) is 10.8 Å². The third kappa shape index (κ3) is 4.84. The van der Waals surface area contributed by atoms with E-state index in [2.05, 4.69) is 10.3 Å². The van der Waals surface area contributed by atoms with Gasteiger partial charge in [-0.15, -0.1) is 23.1 Å². The zero-order chi connectivity index (χ0) is 20.9. The molecule has 0 saturated carbocycles. The van der Waals surface area contributed by atoms with E-state index < -0.39 is 0 Å². The normalized spacial score (nSPS) is 18.6. The van der Waals surface area contributed by atoms with Crippen LogP contribution >= 0.6 is 23.1 Å². The number of rotatable bonds is 5. The Bertz CT molecular complexity index is 919. The first-order chi connectivity index (χ1) is 14.6. The van der Waals surface area contributed by atoms with Crippen LogP contribution in [-0.2, 0) is 14.4 Å². The van der Waals surface area contributed by atoms with Crippen molar-refractivity contribution in [3.8, 4) is 0 Å². The van der Waals surface area contributed by atoms with E-state index in [4.69, 9.17) is 0 Å². The van der Waals surface area contributed by atoms with E-state index in [0.717, 1.165) is 29.2 Å². The van der Waals surface area contributed by atoms with Crippen molar-refractivity contribution in [3.05, 3.63) is 35.8 Å². The maximum absolute atomic E-state index is 12.8. The predicted molar refractivity (Wildman–Crippen MR) is 119 cm³/mol. The lowest BCUT2D eigenvalue weighted by Crippen LogP contribution is -2.44. The zero-order valence-electron chi connectivity index (χ0n) is 16.6. The van der Waals surface area contributed by atoms with Gasteiger partial charge in [0.25, 0.3) is 0 Å². The summed E-state index contributed by atoms with van der Waals surface area (Å²) in [5, 5.41) is 5.21. The number of fused-ring (bicyclic) bond motifs is 1. The van der Waals surface area contributed by atoms with Crippen LogP contribution in [0.1, 0.15) is 25.7 Å². The van der Waals surface area contributed by atoms with Crippen molar-refractivity contribution in [1.29, 1.82) is 0 Å². The molecule has 158 valence electrons. The first kappa shape index (κ1) is 20.9. The average molecular weight is 445 g/mol. The number of anilines is 2. The monoisotopic (exact) mass is 444 g/mol. The Morgan fingerprint density at radius 1 is 1.13 bits per heavy atom. The van der Waals surface area contributed by atoms with E-state index in [1.165, 1.54) is 11.3 Å². The van der Waals surface area contributed by atoms with E-state index in [1.54, 1.807) is 27.8 Å². The molecule has 1 N–H and O–H groups in total. The number of amides is 3. The summed E-state index contributed by atoms with van der Waals surface area (Å²) in [6.07, 6.45) is 3.54. The number of aromatic nitrogens is 1. The van der Waals surface area contributed by atoms with E-state index in [0.29, 0.717) is 24.8 Å². The number of piperidine rings is 1. The van der Waals surface area contributed by atoms with E-state index in [1.807, 2.05) is 29.6 Å². The van der Waals surface area contributed by atoms with Gasteiger partial charge in [-0.1, -0.05) is 12.1 Å². The first-order valence-corrected chi connectivity index (χ1v) is 12.0. The number of benzene rings is 1. The topological polar surface area (TPSA) is 82.6 Å². The van der Waals surface area contributed by atoms with Gasteiger partial charge in [-0.05, 0) is 25.0 Å². The van der Waals surface area contributed by atoms with E-state index in [-0.39, 0.29) is 36.5 Å². The predicted octanol–water partition coefficient (Wildman–Crippen LogP) is 3.24. The maximum atomic E-state index is 12.8. The van der Waals surface area contributed by atoms with Crippen molar-refractivity contribution in [1.82, 2.24) is 9.88 Å². The maximum Gasteiger partial charge on any atom is 0.231 e. The smallest absolute Gasteiger partial charge is 0.231 e. The highest BCUT2D eigenvalue weighted by atomic mass is 32.2. The third-order valence-corrected chi connectivity index (χ3v) is 7.12. The van der Waals surface area contributed by atoms with Crippen LogP contribution in [0.15, 0.2) is 40.7 Å². The Morgan fingerprint density at radius 2 is 1.97 bits per heavy atom. The van der Waals surface area contributed by atoms with Crippen LogP contribution < -0.4 is 10.2 Å². The van der Waals surface area contributed by atoms with Crippen LogP contribution in [0.2, 0.25) is 0 Å². The molecule has 7 nitrogen and oxygen atoms in total. The number of thiazole rings is 1. The number of carbonyl (C=O) groups excluding carboxylic acids is 3. The van der Waals surface area contributed by atoms with Crippen LogP contribution in [0.3, 0.4) is 0 Å². The highest BCUT2D eigenvalue weighted by Crippen LogP contribution is 2.34. The summed E-state index contributed by atoms with van der Waals surface area (Å²) >= 11 is 3.13. The van der Waals surface area contributed by atoms with Crippen LogP contribution in [0.25, 0.3) is 0 Å². The number of nitrogens with one attached hydrogen (secondary N) is 1. The third-order valence-electron chi connectivity index (χ3n) is 5.39. The Kier molecular flexibility index (Phi) is 6.69. The molecule has 30 heavy (non-hydrogen) atoms. The molecule has 0 bridgehead atoms. The van der Waals surface area contributed by atoms with Crippen molar-refractivity contribution in [2.45, 2.75) is 30.6 Å². The standard InChI is InChI=1S/C21H24N4O3S2/c26-18(7-8-19(27)25-11-13-29-17-6-2-1-5-16(17)25)24-10-3-4-15(14-24)20(28)23-21-22-9-12-30-21/h1-2,5-6,9,12,15H,3-4,7-8,10-11,13-14H2,(H,22,23,28). The molecule has 1 atom stereocenters. The highest BCUT2D eigenvalue weighted by molar-refractivity contribution is 7.99. The van der Waals surface area contributed by atoms with Gasteiger partial charge in [-0.25, -0.2) is 4.98 Å². The van der Waals surface area contributed by atoms with Crippen LogP contribution in [0, 0.1) is 5.92 Å². The van der Waals surface area contributed by atoms with Crippen molar-refractivity contribution in [2.75, 3.05) is 35.6 Å². The Balaban J connectivity index is 1.29. The van der Waals surface area contributed by atoms with Crippen molar-refractivity contribution in [2.24, 2.45) is 5.92 Å². The second kappa shape index (κ2) is 9.61. The molecule has 1 saturated heterocycles. The van der Waals surface area contributed by atoms with Crippen molar-refractivity contribution in [3.63, 3.8) is 0 Å². The van der Waals surface area contributed by atoms with Gasteiger partial charge in [-0.2, -0.15) is 0 Å². The fourth-order valence-electron chi connectivity index (χ4n) is 3.85. The van der Waals surface area contributed by atoms with Gasteiger partial charge in [0.05, 0.1) is 11.6 Å². The molecule has 2 aliphatic rings. The first-order valence-electron chi connectivity index (χ1n) is 10.1. The quantitative estimate of drug-likeness (QED) is 0.766. The number of carbonyl (C=O) groups is 3. The van der Waals surface area contributed by atoms with Crippen molar-refractivity contribution < 1.29 is 14.4 Å². The lowest BCUT2D eigenvalue weighted by molar-refractivity contribution is -0.136. The minimum absolute atomic E-state index is 0.0221. The summed E-state index contributed by atoms with van der Waals surface area (Å²) in [6, 6.07) is 7.88. The SMILES string of the molecule is O=C(Nc1nccs1)C1CCCN(C(=O)CCC(=O)N2CCSc3ccccc32)C1. The molecule has 2 aromatic rings. The second-order valence-corrected chi connectivity index (χ2v) is 9.40. The largest absolute Gasteiger partial charge is 0.342 e. The minimum Gasteiger partial charge on any atom is -0.342 e. The Hall–Kier alpha value is -2.39. The lowest BCUT2D eigenvalue weighted by Gasteiger charge is -2.32. The summed E-state index contributed by atoms with van der Waals surface area (Å²) < 4.78 is 0. The molecule has 3 amide bonds. The molecule has 1 aromatic carbocycles. The second-order valence-electron chi connectivity index (χ2n) is 7.37. The molecular weight excluding hydrogens is 420 g/mol. The van der Waals surface area contributed by atoms with Crippen LogP contribution in [0.5, 0.6) is 0 Å². The minimum atomic E-state index is -0.242. The summed E-state index contributed by atoms with van der Waals surface area (Å²) in [4.78, 5) is 46.7. The van der Waals surface area contributed by atoms with Crippen LogP contribution in [-0.4, -0.2) is 53.0 Å². The summed E-state index contributed by atoms with van der Waals surface area (Å²) in [5.41, 5.74) is 0.933. The van der Waals surface area contributed by atoms with Crippen molar-refractivity contribution >= 4 is 51.6 Å². The Labute approximate surface area is 183 Å². The van der Waals surface area contributed by atoms with Gasteiger partial charge < -0.3 is 15.1 Å². The fourth-order valence-corrected chi connectivity index (χ4v) is 5.37. The molecule has 1 fully saturated rings. The van der Waals surface area contributed by atoms with Gasteiger partial charge >= 0.3 is 0 Å². The molecule has 0 aliphatic carbocycles. The van der Waals surface area contributed by atoms with E-state index >= 15 is 0 Å². The summed E-state index contributed by atoms with van der Waals surface area (Å²) in [6.45, 7) is 1.70.